The van der Waals surface area contributed by atoms with E-state index < -0.39 is 6.10 Å². The molecule has 20 heavy (non-hydrogen) atoms. The number of nitrogens with zero attached hydrogens (tertiary/aromatic N) is 1. The summed E-state index contributed by atoms with van der Waals surface area (Å²) in [6.45, 7) is 2.44. The van der Waals surface area contributed by atoms with E-state index in [1.54, 1.807) is 13.0 Å². The van der Waals surface area contributed by atoms with Crippen molar-refractivity contribution in [2.24, 2.45) is 0 Å². The fourth-order valence-corrected chi connectivity index (χ4v) is 2.63. The van der Waals surface area contributed by atoms with E-state index in [4.69, 9.17) is 23.2 Å². The van der Waals surface area contributed by atoms with Gasteiger partial charge in [-0.15, -0.1) is 0 Å². The Morgan fingerprint density at radius 1 is 1.15 bits per heavy atom. The second-order valence-electron chi connectivity index (χ2n) is 4.87. The Kier molecular flexibility index (Phi) is 4.92. The predicted molar refractivity (Wildman–Crippen MR) is 85.6 cm³/mol. The SMILES string of the molecule is C[C@@H](O)c1ccc(N(C)Cc2cccc(Cl)c2)c(Cl)c1. The molecule has 0 radical (unpaired) electrons. The first-order valence-electron chi connectivity index (χ1n) is 6.40. The van der Waals surface area contributed by atoms with Gasteiger partial charge in [0.2, 0.25) is 0 Å². The first-order chi connectivity index (χ1) is 9.47. The first kappa shape index (κ1) is 15.2. The highest BCUT2D eigenvalue weighted by Gasteiger charge is 2.10. The summed E-state index contributed by atoms with van der Waals surface area (Å²) < 4.78 is 0. The molecule has 2 aromatic rings. The van der Waals surface area contributed by atoms with Gasteiger partial charge in [0.1, 0.15) is 0 Å². The van der Waals surface area contributed by atoms with Crippen molar-refractivity contribution in [2.75, 3.05) is 11.9 Å². The van der Waals surface area contributed by atoms with Crippen LogP contribution in [0.2, 0.25) is 10.0 Å². The van der Waals surface area contributed by atoms with E-state index in [1.165, 1.54) is 0 Å². The molecule has 0 spiro atoms. The lowest BCUT2D eigenvalue weighted by molar-refractivity contribution is 0.199. The van der Waals surface area contributed by atoms with E-state index in [1.807, 2.05) is 43.4 Å². The third kappa shape index (κ3) is 3.66. The molecule has 0 aliphatic rings. The summed E-state index contributed by atoms with van der Waals surface area (Å²) in [5, 5.41) is 10.9. The topological polar surface area (TPSA) is 23.5 Å². The zero-order chi connectivity index (χ0) is 14.7. The molecule has 0 aliphatic heterocycles. The molecule has 2 aromatic carbocycles. The fraction of sp³-hybridized carbons (Fsp3) is 0.250. The Balaban J connectivity index is 2.19. The van der Waals surface area contributed by atoms with Crippen LogP contribution in [0.5, 0.6) is 0 Å². The minimum atomic E-state index is -0.514. The molecule has 0 bridgehead atoms. The van der Waals surface area contributed by atoms with Gasteiger partial charge in [0.15, 0.2) is 0 Å². The monoisotopic (exact) mass is 309 g/mol. The number of hydrogen-bond acceptors (Lipinski definition) is 2. The molecule has 1 N–H and O–H groups in total. The number of benzene rings is 2. The molecule has 0 saturated heterocycles. The molecule has 0 amide bonds. The zero-order valence-electron chi connectivity index (χ0n) is 11.5. The van der Waals surface area contributed by atoms with Crippen LogP contribution < -0.4 is 4.90 Å². The van der Waals surface area contributed by atoms with E-state index in [0.29, 0.717) is 11.6 Å². The van der Waals surface area contributed by atoms with Gasteiger partial charge in [-0.3, -0.25) is 0 Å². The normalized spacial score (nSPS) is 12.2. The van der Waals surface area contributed by atoms with Crippen molar-refractivity contribution in [3.63, 3.8) is 0 Å². The molecule has 0 heterocycles. The maximum Gasteiger partial charge on any atom is 0.0762 e. The van der Waals surface area contributed by atoms with E-state index in [9.17, 15) is 5.11 Å². The maximum atomic E-state index is 9.56. The van der Waals surface area contributed by atoms with E-state index >= 15 is 0 Å². The van der Waals surface area contributed by atoms with Gasteiger partial charge in [-0.05, 0) is 42.3 Å². The molecule has 0 aromatic heterocycles. The van der Waals surface area contributed by atoms with E-state index in [0.717, 1.165) is 21.8 Å². The van der Waals surface area contributed by atoms with Crippen LogP contribution >= 0.6 is 23.2 Å². The summed E-state index contributed by atoms with van der Waals surface area (Å²) in [5.41, 5.74) is 2.86. The average Bonchev–Trinajstić information content (AvgIpc) is 2.38. The standard InChI is InChI=1S/C16H17Cl2NO/c1-11(20)13-6-7-16(15(18)9-13)19(2)10-12-4-3-5-14(17)8-12/h3-9,11,20H,10H2,1-2H3/t11-/m1/s1. The predicted octanol–water partition coefficient (Wildman–Crippen LogP) is 4.68. The van der Waals surface area contributed by atoms with Crippen molar-refractivity contribution in [2.45, 2.75) is 19.6 Å². The van der Waals surface area contributed by atoms with Gasteiger partial charge in [0.25, 0.3) is 0 Å². The van der Waals surface area contributed by atoms with E-state index in [-0.39, 0.29) is 0 Å². The highest BCUT2D eigenvalue weighted by molar-refractivity contribution is 6.33. The number of hydrogen-bond donors (Lipinski definition) is 1. The van der Waals surface area contributed by atoms with Gasteiger partial charge in [-0.25, -0.2) is 0 Å². The van der Waals surface area contributed by atoms with Crippen LogP contribution in [0.15, 0.2) is 42.5 Å². The van der Waals surface area contributed by atoms with Crippen LogP contribution in [0.4, 0.5) is 5.69 Å². The van der Waals surface area contributed by atoms with Crippen LogP contribution in [-0.2, 0) is 6.54 Å². The summed E-state index contributed by atoms with van der Waals surface area (Å²) in [5.74, 6) is 0. The quantitative estimate of drug-likeness (QED) is 0.886. The van der Waals surface area contributed by atoms with Crippen molar-refractivity contribution in [1.29, 1.82) is 0 Å². The van der Waals surface area contributed by atoms with Crippen LogP contribution in [0.1, 0.15) is 24.2 Å². The number of aliphatic hydroxyl groups is 1. The van der Waals surface area contributed by atoms with Crippen LogP contribution in [0, 0.1) is 0 Å². The smallest absolute Gasteiger partial charge is 0.0762 e. The second-order valence-corrected chi connectivity index (χ2v) is 5.72. The Labute approximate surface area is 129 Å². The molecule has 4 heteroatoms. The zero-order valence-corrected chi connectivity index (χ0v) is 13.0. The first-order valence-corrected chi connectivity index (χ1v) is 7.16. The van der Waals surface area contributed by atoms with Crippen LogP contribution in [0.25, 0.3) is 0 Å². The number of aliphatic hydroxyl groups excluding tert-OH is 1. The van der Waals surface area contributed by atoms with Crippen LogP contribution in [0.3, 0.4) is 0 Å². The Hall–Kier alpha value is -1.22. The minimum Gasteiger partial charge on any atom is -0.389 e. The highest BCUT2D eigenvalue weighted by Crippen LogP contribution is 2.29. The Bertz CT molecular complexity index is 599. The molecule has 2 nitrogen and oxygen atoms in total. The van der Waals surface area contributed by atoms with Gasteiger partial charge in [0.05, 0.1) is 16.8 Å². The summed E-state index contributed by atoms with van der Waals surface area (Å²) >= 11 is 12.3. The molecular formula is C16H17Cl2NO. The third-order valence-electron chi connectivity index (χ3n) is 3.17. The molecular weight excluding hydrogens is 293 g/mol. The van der Waals surface area contributed by atoms with Crippen LogP contribution in [-0.4, -0.2) is 12.2 Å². The van der Waals surface area contributed by atoms with Gasteiger partial charge in [0, 0.05) is 18.6 Å². The molecule has 1 atom stereocenters. The third-order valence-corrected chi connectivity index (χ3v) is 3.71. The summed E-state index contributed by atoms with van der Waals surface area (Å²) in [6.07, 6.45) is -0.514. The lowest BCUT2D eigenvalue weighted by Crippen LogP contribution is -2.16. The van der Waals surface area contributed by atoms with Crippen molar-refractivity contribution in [1.82, 2.24) is 0 Å². The number of anilines is 1. The maximum absolute atomic E-state index is 9.56. The lowest BCUT2D eigenvalue weighted by Gasteiger charge is -2.21. The second kappa shape index (κ2) is 6.49. The molecule has 0 aliphatic carbocycles. The minimum absolute atomic E-state index is 0.514. The van der Waals surface area contributed by atoms with Gasteiger partial charge >= 0.3 is 0 Å². The van der Waals surface area contributed by atoms with Crippen molar-refractivity contribution < 1.29 is 5.11 Å². The summed E-state index contributed by atoms with van der Waals surface area (Å²) in [7, 11) is 1.98. The molecule has 0 unspecified atom stereocenters. The van der Waals surface area contributed by atoms with Gasteiger partial charge < -0.3 is 10.0 Å². The Morgan fingerprint density at radius 3 is 2.50 bits per heavy atom. The van der Waals surface area contributed by atoms with Crippen molar-refractivity contribution >= 4 is 28.9 Å². The summed E-state index contributed by atoms with van der Waals surface area (Å²) in [6, 6.07) is 13.4. The van der Waals surface area contributed by atoms with Crippen molar-refractivity contribution in [3.05, 3.63) is 63.6 Å². The lowest BCUT2D eigenvalue weighted by atomic mass is 10.1. The Morgan fingerprint density at radius 2 is 1.90 bits per heavy atom. The summed E-state index contributed by atoms with van der Waals surface area (Å²) in [4.78, 5) is 2.06. The molecule has 0 saturated carbocycles. The largest absolute Gasteiger partial charge is 0.389 e. The average molecular weight is 310 g/mol. The van der Waals surface area contributed by atoms with Gasteiger partial charge in [-0.1, -0.05) is 41.4 Å². The van der Waals surface area contributed by atoms with Crippen molar-refractivity contribution in [3.8, 4) is 0 Å². The molecule has 0 fully saturated rings. The molecule has 2 rings (SSSR count). The fourth-order valence-electron chi connectivity index (χ4n) is 2.09. The van der Waals surface area contributed by atoms with Gasteiger partial charge in [-0.2, -0.15) is 0 Å². The van der Waals surface area contributed by atoms with E-state index in [2.05, 4.69) is 4.90 Å². The highest BCUT2D eigenvalue weighted by atomic mass is 35.5. The number of rotatable bonds is 4. The number of halogens is 2. The molecule has 106 valence electrons.